The fourth-order valence-electron chi connectivity index (χ4n) is 2.02. The van der Waals surface area contributed by atoms with Gasteiger partial charge in [-0.2, -0.15) is 0 Å². The molecule has 0 aromatic heterocycles. The number of hydrogen-bond acceptors (Lipinski definition) is 4. The fourth-order valence-corrected chi connectivity index (χ4v) is 4.85. The van der Waals surface area contributed by atoms with Gasteiger partial charge in [-0.1, -0.05) is 0 Å². The first kappa shape index (κ1) is 14.0. The number of rotatable bonds is 4. The number of ether oxygens (including phenoxy) is 4. The molecule has 2 saturated heterocycles. The average molecular weight is 358 g/mol. The molecule has 2 aliphatic heterocycles. The van der Waals surface area contributed by atoms with E-state index < -0.39 is 0 Å². The van der Waals surface area contributed by atoms with Crippen molar-refractivity contribution < 1.29 is 18.9 Å². The summed E-state index contributed by atoms with van der Waals surface area (Å²) in [7, 11) is 0. The zero-order chi connectivity index (χ0) is 12.5. The maximum atomic E-state index is 5.79. The van der Waals surface area contributed by atoms with Gasteiger partial charge in [0.2, 0.25) is 0 Å². The third kappa shape index (κ3) is 4.34. The zero-order valence-electron chi connectivity index (χ0n) is 11.0. The summed E-state index contributed by atoms with van der Waals surface area (Å²) in [6.07, 6.45) is 0.588. The Hall–Kier alpha value is 0.630. The summed E-state index contributed by atoms with van der Waals surface area (Å²) < 4.78 is 25.0. The second-order valence-electron chi connectivity index (χ2n) is 5.44. The summed E-state index contributed by atoms with van der Waals surface area (Å²) in [6.45, 7) is 9.39. The first-order valence-electron chi connectivity index (χ1n) is 6.08. The van der Waals surface area contributed by atoms with Gasteiger partial charge in [-0.15, -0.1) is 0 Å². The quantitative estimate of drug-likeness (QED) is 0.719. The van der Waals surface area contributed by atoms with E-state index in [-0.39, 0.29) is 32.5 Å². The van der Waals surface area contributed by atoms with Crippen LogP contribution in [-0.2, 0) is 18.9 Å². The molecule has 4 nitrogen and oxygen atoms in total. The van der Waals surface area contributed by atoms with Crippen LogP contribution in [0.3, 0.4) is 0 Å². The Morgan fingerprint density at radius 1 is 0.882 bits per heavy atom. The molecule has 100 valence electrons. The molecule has 0 aromatic carbocycles. The van der Waals surface area contributed by atoms with Crippen molar-refractivity contribution in [2.45, 2.75) is 60.4 Å². The molecule has 0 N–H and O–H groups in total. The summed E-state index contributed by atoms with van der Waals surface area (Å²) in [5, 5.41) is 0. The molecule has 0 spiro atoms. The van der Waals surface area contributed by atoms with Gasteiger partial charge < -0.3 is 0 Å². The van der Waals surface area contributed by atoms with Crippen LogP contribution in [0.25, 0.3) is 0 Å². The van der Waals surface area contributed by atoms with Crippen molar-refractivity contribution in [1.29, 1.82) is 0 Å². The van der Waals surface area contributed by atoms with Gasteiger partial charge in [0.15, 0.2) is 0 Å². The zero-order valence-corrected chi connectivity index (χ0v) is 13.4. The molecule has 2 heterocycles. The van der Waals surface area contributed by atoms with Crippen LogP contribution in [0, 0.1) is 0 Å². The molecule has 2 aliphatic rings. The van der Waals surface area contributed by atoms with E-state index in [4.69, 9.17) is 18.9 Å². The topological polar surface area (TPSA) is 36.9 Å². The van der Waals surface area contributed by atoms with Gasteiger partial charge >= 0.3 is 113 Å². The second-order valence-corrected chi connectivity index (χ2v) is 8.51. The Kier molecular flexibility index (Phi) is 4.40. The van der Waals surface area contributed by atoms with Crippen LogP contribution < -0.4 is 0 Å². The standard InChI is InChI=1S/C12H22O4Te/c1-11(2)13-5-9(15-11)7-17-8-10-6-14-12(3,4)16-10/h9-10H,5-8H2,1-4H3/t9-,10-/m1/s1. The average Bonchev–Trinajstić information content (AvgIpc) is 2.70. The predicted octanol–water partition coefficient (Wildman–Crippen LogP) is 1.83. The van der Waals surface area contributed by atoms with Crippen LogP contribution in [0.5, 0.6) is 0 Å². The van der Waals surface area contributed by atoms with E-state index in [0.717, 1.165) is 22.2 Å². The SMILES string of the molecule is CC1(C)OC[C@H](C[Te]C[C@H]2COC(C)(C)O2)O1. The van der Waals surface area contributed by atoms with Gasteiger partial charge in [0.25, 0.3) is 0 Å². The van der Waals surface area contributed by atoms with Crippen LogP contribution in [0.15, 0.2) is 0 Å². The minimum atomic E-state index is -0.382. The molecule has 5 heteroatoms. The molecule has 2 fully saturated rings. The Morgan fingerprint density at radius 2 is 1.29 bits per heavy atom. The molecule has 17 heavy (non-hydrogen) atoms. The van der Waals surface area contributed by atoms with Crippen LogP contribution in [0.1, 0.15) is 27.7 Å². The Morgan fingerprint density at radius 3 is 1.59 bits per heavy atom. The van der Waals surface area contributed by atoms with Crippen molar-refractivity contribution in [2.24, 2.45) is 0 Å². The van der Waals surface area contributed by atoms with E-state index in [9.17, 15) is 0 Å². The molecule has 2 atom stereocenters. The molecule has 2 rings (SSSR count). The Bertz CT molecular complexity index is 241. The van der Waals surface area contributed by atoms with Crippen LogP contribution in [-0.4, -0.2) is 57.9 Å². The van der Waals surface area contributed by atoms with Crippen LogP contribution in [0.2, 0.25) is 8.94 Å². The summed E-state index contributed by atoms with van der Waals surface area (Å²) >= 11 is -0.0751. The predicted molar refractivity (Wildman–Crippen MR) is 65.2 cm³/mol. The van der Waals surface area contributed by atoms with E-state index >= 15 is 0 Å². The molecule has 0 aliphatic carbocycles. The normalized spacial score (nSPS) is 35.3. The molecule has 0 bridgehead atoms. The molecule has 0 amide bonds. The third-order valence-electron chi connectivity index (χ3n) is 2.74. The van der Waals surface area contributed by atoms with Gasteiger partial charge in [0, 0.05) is 0 Å². The second kappa shape index (κ2) is 5.32. The van der Waals surface area contributed by atoms with Crippen molar-refractivity contribution in [3.8, 4) is 0 Å². The number of hydrogen-bond donors (Lipinski definition) is 0. The summed E-state index contributed by atoms with van der Waals surface area (Å²) in [5.41, 5.74) is 0. The van der Waals surface area contributed by atoms with Gasteiger partial charge in [0.05, 0.1) is 0 Å². The monoisotopic (exact) mass is 360 g/mol. The first-order chi connectivity index (χ1) is 7.86. The first-order valence-corrected chi connectivity index (χ1v) is 9.37. The molecule has 0 radical (unpaired) electrons. The van der Waals surface area contributed by atoms with Crippen molar-refractivity contribution in [2.75, 3.05) is 13.2 Å². The van der Waals surface area contributed by atoms with Gasteiger partial charge in [-0.25, -0.2) is 0 Å². The van der Waals surface area contributed by atoms with Crippen molar-refractivity contribution >= 4 is 20.9 Å². The third-order valence-corrected chi connectivity index (χ3v) is 6.21. The Balaban J connectivity index is 1.61. The van der Waals surface area contributed by atoms with Crippen molar-refractivity contribution in [3.63, 3.8) is 0 Å². The van der Waals surface area contributed by atoms with Gasteiger partial charge in [0.1, 0.15) is 0 Å². The molecule has 0 saturated carbocycles. The maximum absolute atomic E-state index is 5.79. The van der Waals surface area contributed by atoms with E-state index in [1.54, 1.807) is 0 Å². The Labute approximate surface area is 113 Å². The summed E-state index contributed by atoms with van der Waals surface area (Å²) in [4.78, 5) is 0. The van der Waals surface area contributed by atoms with E-state index in [1.165, 1.54) is 0 Å². The molecular formula is C12H22O4Te. The van der Waals surface area contributed by atoms with Crippen molar-refractivity contribution in [3.05, 3.63) is 0 Å². The van der Waals surface area contributed by atoms with Crippen molar-refractivity contribution in [1.82, 2.24) is 0 Å². The fraction of sp³-hybridized carbons (Fsp3) is 1.00. The van der Waals surface area contributed by atoms with Gasteiger partial charge in [-0.05, 0) is 0 Å². The van der Waals surface area contributed by atoms with Crippen LogP contribution >= 0.6 is 0 Å². The van der Waals surface area contributed by atoms with E-state index in [2.05, 4.69) is 0 Å². The molecule has 0 aromatic rings. The molecule has 0 unspecified atom stereocenters. The van der Waals surface area contributed by atoms with E-state index in [1.807, 2.05) is 27.7 Å². The molecular weight excluding hydrogens is 336 g/mol. The minimum absolute atomic E-state index is 0.0751. The summed E-state index contributed by atoms with van der Waals surface area (Å²) in [6, 6.07) is 0. The van der Waals surface area contributed by atoms with E-state index in [0.29, 0.717) is 12.2 Å². The van der Waals surface area contributed by atoms with Crippen LogP contribution in [0.4, 0.5) is 0 Å². The van der Waals surface area contributed by atoms with Gasteiger partial charge in [-0.3, -0.25) is 0 Å². The summed E-state index contributed by atoms with van der Waals surface area (Å²) in [5.74, 6) is -0.765.